The molecule has 156 valence electrons. The standard InChI is InChI=1S/C21H21FN4O4/c1-13-5-6-16(15(22)9-13)25-21(28)14-10-17(20(30-3)18(11-14)29-2)24-19(27)12-26-8-4-7-23-26/h4-11H,12H2,1-3H3,(H,24,27)(H,25,28). The van der Waals surface area contributed by atoms with E-state index in [1.807, 2.05) is 0 Å². The number of methoxy groups -OCH3 is 2. The molecule has 0 unspecified atom stereocenters. The molecule has 0 spiro atoms. The Balaban J connectivity index is 1.88. The van der Waals surface area contributed by atoms with Crippen LogP contribution in [0.4, 0.5) is 15.8 Å². The van der Waals surface area contributed by atoms with Gasteiger partial charge in [-0.25, -0.2) is 4.39 Å². The molecule has 0 aliphatic heterocycles. The van der Waals surface area contributed by atoms with Gasteiger partial charge in [0.15, 0.2) is 11.5 Å². The van der Waals surface area contributed by atoms with Crippen molar-refractivity contribution in [2.24, 2.45) is 0 Å². The second-order valence-electron chi connectivity index (χ2n) is 6.45. The van der Waals surface area contributed by atoms with Crippen LogP contribution in [-0.4, -0.2) is 35.8 Å². The summed E-state index contributed by atoms with van der Waals surface area (Å²) in [5.74, 6) is -0.993. The quantitative estimate of drug-likeness (QED) is 0.621. The van der Waals surface area contributed by atoms with Gasteiger partial charge in [-0.05, 0) is 42.8 Å². The molecule has 2 N–H and O–H groups in total. The first-order valence-corrected chi connectivity index (χ1v) is 9.02. The zero-order valence-electron chi connectivity index (χ0n) is 16.7. The molecule has 1 aromatic heterocycles. The van der Waals surface area contributed by atoms with E-state index in [-0.39, 0.29) is 40.9 Å². The Morgan fingerprint density at radius 1 is 1.10 bits per heavy atom. The molecule has 8 nitrogen and oxygen atoms in total. The van der Waals surface area contributed by atoms with Crippen molar-refractivity contribution >= 4 is 23.2 Å². The van der Waals surface area contributed by atoms with E-state index in [0.29, 0.717) is 0 Å². The monoisotopic (exact) mass is 412 g/mol. The van der Waals surface area contributed by atoms with E-state index >= 15 is 0 Å². The Bertz CT molecular complexity index is 1070. The van der Waals surface area contributed by atoms with Crippen molar-refractivity contribution in [1.29, 1.82) is 0 Å². The summed E-state index contributed by atoms with van der Waals surface area (Å²) in [6.07, 6.45) is 3.21. The highest BCUT2D eigenvalue weighted by Gasteiger charge is 2.19. The molecule has 0 aliphatic carbocycles. The third-order valence-electron chi connectivity index (χ3n) is 4.25. The Morgan fingerprint density at radius 3 is 2.53 bits per heavy atom. The number of hydrogen-bond acceptors (Lipinski definition) is 5. The van der Waals surface area contributed by atoms with Gasteiger partial charge in [-0.3, -0.25) is 14.3 Å². The summed E-state index contributed by atoms with van der Waals surface area (Å²) in [6, 6.07) is 9.08. The second kappa shape index (κ2) is 9.08. The summed E-state index contributed by atoms with van der Waals surface area (Å²) >= 11 is 0. The molecule has 0 saturated carbocycles. The van der Waals surface area contributed by atoms with Crippen LogP contribution in [0.2, 0.25) is 0 Å². The fourth-order valence-corrected chi connectivity index (χ4v) is 2.84. The number of aryl methyl sites for hydroxylation is 1. The van der Waals surface area contributed by atoms with E-state index in [1.165, 1.54) is 43.2 Å². The molecule has 0 aliphatic rings. The van der Waals surface area contributed by atoms with Gasteiger partial charge in [-0.15, -0.1) is 0 Å². The number of ether oxygens (including phenoxy) is 2. The van der Waals surface area contributed by atoms with Crippen molar-refractivity contribution in [3.63, 3.8) is 0 Å². The van der Waals surface area contributed by atoms with Crippen molar-refractivity contribution < 1.29 is 23.5 Å². The van der Waals surface area contributed by atoms with Crippen LogP contribution in [0.3, 0.4) is 0 Å². The maximum Gasteiger partial charge on any atom is 0.255 e. The molecule has 0 atom stereocenters. The van der Waals surface area contributed by atoms with E-state index in [9.17, 15) is 14.0 Å². The van der Waals surface area contributed by atoms with Crippen LogP contribution in [0, 0.1) is 12.7 Å². The van der Waals surface area contributed by atoms with E-state index in [0.717, 1.165) is 5.56 Å². The first-order valence-electron chi connectivity index (χ1n) is 9.02. The number of halogens is 1. The third-order valence-corrected chi connectivity index (χ3v) is 4.25. The second-order valence-corrected chi connectivity index (χ2v) is 6.45. The zero-order chi connectivity index (χ0) is 21.7. The van der Waals surface area contributed by atoms with Crippen molar-refractivity contribution in [1.82, 2.24) is 9.78 Å². The normalized spacial score (nSPS) is 10.4. The van der Waals surface area contributed by atoms with Gasteiger partial charge >= 0.3 is 0 Å². The number of amides is 2. The summed E-state index contributed by atoms with van der Waals surface area (Å²) in [7, 11) is 2.83. The van der Waals surface area contributed by atoms with Gasteiger partial charge in [-0.2, -0.15) is 5.10 Å². The fourth-order valence-electron chi connectivity index (χ4n) is 2.84. The predicted octanol–water partition coefficient (Wildman–Crippen LogP) is 3.24. The number of aromatic nitrogens is 2. The van der Waals surface area contributed by atoms with Gasteiger partial charge in [0.25, 0.3) is 5.91 Å². The van der Waals surface area contributed by atoms with Gasteiger partial charge in [0.05, 0.1) is 25.6 Å². The van der Waals surface area contributed by atoms with Gasteiger partial charge in [0, 0.05) is 18.0 Å². The molecule has 2 amide bonds. The van der Waals surface area contributed by atoms with Crippen LogP contribution in [0.5, 0.6) is 11.5 Å². The number of carbonyl (C=O) groups excluding carboxylic acids is 2. The Kier molecular flexibility index (Phi) is 6.31. The molecule has 0 saturated heterocycles. The average Bonchev–Trinajstić information content (AvgIpc) is 3.22. The maximum absolute atomic E-state index is 14.1. The van der Waals surface area contributed by atoms with Crippen molar-refractivity contribution in [2.45, 2.75) is 13.5 Å². The minimum absolute atomic E-state index is 0.0243. The van der Waals surface area contributed by atoms with Gasteiger partial charge in [0.1, 0.15) is 12.4 Å². The van der Waals surface area contributed by atoms with E-state index < -0.39 is 11.7 Å². The van der Waals surface area contributed by atoms with Crippen LogP contribution < -0.4 is 20.1 Å². The number of hydrogen-bond donors (Lipinski definition) is 2. The van der Waals surface area contributed by atoms with Crippen LogP contribution >= 0.6 is 0 Å². The highest BCUT2D eigenvalue weighted by molar-refractivity contribution is 6.06. The summed E-state index contributed by atoms with van der Waals surface area (Å²) in [6.45, 7) is 1.73. The lowest BCUT2D eigenvalue weighted by atomic mass is 10.1. The summed E-state index contributed by atoms with van der Waals surface area (Å²) in [5.41, 5.74) is 1.17. The van der Waals surface area contributed by atoms with E-state index in [1.54, 1.807) is 31.5 Å². The molecular weight excluding hydrogens is 391 g/mol. The highest BCUT2D eigenvalue weighted by atomic mass is 19.1. The number of rotatable bonds is 7. The average molecular weight is 412 g/mol. The first kappa shape index (κ1) is 20.8. The molecular formula is C21H21FN4O4. The van der Waals surface area contributed by atoms with Crippen molar-refractivity contribution in [3.05, 3.63) is 65.7 Å². The van der Waals surface area contributed by atoms with Gasteiger partial charge < -0.3 is 20.1 Å². The minimum atomic E-state index is -0.568. The lowest BCUT2D eigenvalue weighted by molar-refractivity contribution is -0.116. The molecule has 2 aromatic carbocycles. The highest BCUT2D eigenvalue weighted by Crippen LogP contribution is 2.37. The summed E-state index contributed by atoms with van der Waals surface area (Å²) < 4.78 is 26.2. The van der Waals surface area contributed by atoms with Crippen LogP contribution in [0.15, 0.2) is 48.8 Å². The lowest BCUT2D eigenvalue weighted by Crippen LogP contribution is -2.20. The van der Waals surface area contributed by atoms with Gasteiger partial charge in [0.2, 0.25) is 5.91 Å². The smallest absolute Gasteiger partial charge is 0.255 e. The summed E-state index contributed by atoms with van der Waals surface area (Å²) in [5, 5.41) is 9.20. The maximum atomic E-state index is 14.1. The number of nitrogens with zero attached hydrogens (tertiary/aromatic N) is 2. The molecule has 0 bridgehead atoms. The Hall–Kier alpha value is -3.88. The van der Waals surface area contributed by atoms with Gasteiger partial charge in [-0.1, -0.05) is 6.07 Å². The first-order chi connectivity index (χ1) is 14.4. The van der Waals surface area contributed by atoms with Crippen LogP contribution in [0.1, 0.15) is 15.9 Å². The molecule has 9 heteroatoms. The van der Waals surface area contributed by atoms with Crippen LogP contribution in [0.25, 0.3) is 0 Å². The SMILES string of the molecule is COc1cc(C(=O)Nc2ccc(C)cc2F)cc(NC(=O)Cn2cccn2)c1OC. The number of nitrogens with one attached hydrogen (secondary N) is 2. The minimum Gasteiger partial charge on any atom is -0.493 e. The van der Waals surface area contributed by atoms with Crippen LogP contribution in [-0.2, 0) is 11.3 Å². The third kappa shape index (κ3) is 4.75. The van der Waals surface area contributed by atoms with E-state index in [4.69, 9.17) is 9.47 Å². The van der Waals surface area contributed by atoms with Crippen molar-refractivity contribution in [3.8, 4) is 11.5 Å². The Morgan fingerprint density at radius 2 is 1.90 bits per heavy atom. The van der Waals surface area contributed by atoms with Crippen molar-refractivity contribution in [2.75, 3.05) is 24.9 Å². The number of anilines is 2. The summed E-state index contributed by atoms with van der Waals surface area (Å²) in [4.78, 5) is 25.1. The Labute approximate surface area is 172 Å². The zero-order valence-corrected chi connectivity index (χ0v) is 16.7. The largest absolute Gasteiger partial charge is 0.493 e. The predicted molar refractivity (Wildman–Crippen MR) is 109 cm³/mol. The van der Waals surface area contributed by atoms with E-state index in [2.05, 4.69) is 15.7 Å². The fraction of sp³-hybridized carbons (Fsp3) is 0.190. The molecule has 3 rings (SSSR count). The molecule has 0 fully saturated rings. The molecule has 3 aromatic rings. The molecule has 0 radical (unpaired) electrons. The number of benzene rings is 2. The molecule has 30 heavy (non-hydrogen) atoms. The topological polar surface area (TPSA) is 94.5 Å². The lowest BCUT2D eigenvalue weighted by Gasteiger charge is -2.16. The molecule has 1 heterocycles. The number of carbonyl (C=O) groups is 2.